The minimum Gasteiger partial charge on any atom is -0.309 e. The van der Waals surface area contributed by atoms with Gasteiger partial charge in [0.05, 0.1) is 44.1 Å². The molecule has 0 aliphatic carbocycles. The van der Waals surface area contributed by atoms with Crippen LogP contribution in [0.15, 0.2) is 206 Å². The third-order valence-corrected chi connectivity index (χ3v) is 12.3. The zero-order valence-electron chi connectivity index (χ0n) is 31.4. The quantitative estimate of drug-likeness (QED) is 0.171. The van der Waals surface area contributed by atoms with Crippen LogP contribution in [-0.2, 0) is 0 Å². The number of para-hydroxylation sites is 6. The molecule has 0 N–H and O–H groups in total. The van der Waals surface area contributed by atoms with Gasteiger partial charge < -0.3 is 18.3 Å². The fourth-order valence-corrected chi connectivity index (χ4v) is 9.88. The third kappa shape index (κ3) is 4.29. The minimum atomic E-state index is 1.13. The van der Waals surface area contributed by atoms with Gasteiger partial charge in [0.15, 0.2) is 0 Å². The number of aromatic nitrogens is 4. The van der Waals surface area contributed by atoms with Gasteiger partial charge in [0, 0.05) is 65.8 Å². The fourth-order valence-electron chi connectivity index (χ4n) is 9.88. The molecule has 0 bridgehead atoms. The topological polar surface area (TPSA) is 19.7 Å². The zero-order valence-corrected chi connectivity index (χ0v) is 31.4. The number of hydrogen-bond donors (Lipinski definition) is 0. The van der Waals surface area contributed by atoms with Crippen molar-refractivity contribution in [3.05, 3.63) is 206 Å². The van der Waals surface area contributed by atoms with E-state index in [2.05, 4.69) is 225 Å². The molecule has 0 fully saturated rings. The van der Waals surface area contributed by atoms with Crippen molar-refractivity contribution in [1.82, 2.24) is 18.3 Å². The van der Waals surface area contributed by atoms with Crippen LogP contribution in [0.4, 0.5) is 0 Å². The highest BCUT2D eigenvalue weighted by Crippen LogP contribution is 2.42. The van der Waals surface area contributed by atoms with Crippen LogP contribution in [0.25, 0.3) is 110 Å². The first kappa shape index (κ1) is 31.4. The van der Waals surface area contributed by atoms with Crippen LogP contribution in [0, 0.1) is 0 Å². The van der Waals surface area contributed by atoms with Crippen molar-refractivity contribution in [2.45, 2.75) is 0 Å². The number of nitrogens with zero attached hydrogens (tertiary/aromatic N) is 4. The molecule has 4 nitrogen and oxygen atoms in total. The molecule has 13 aromatic rings. The molecule has 0 aliphatic heterocycles. The lowest BCUT2D eigenvalue weighted by molar-refractivity contribution is 1.14. The maximum atomic E-state index is 2.44. The summed E-state index contributed by atoms with van der Waals surface area (Å²) in [5.74, 6) is 0. The molecule has 0 unspecified atom stereocenters. The minimum absolute atomic E-state index is 1.13. The Labute approximate surface area is 333 Å². The van der Waals surface area contributed by atoms with E-state index >= 15 is 0 Å². The van der Waals surface area contributed by atoms with Gasteiger partial charge >= 0.3 is 0 Å². The lowest BCUT2D eigenvalue weighted by Gasteiger charge is -2.12. The Morgan fingerprint density at radius 3 is 0.672 bits per heavy atom. The average Bonchev–Trinajstić information content (AvgIpc) is 4.00. The highest BCUT2D eigenvalue weighted by molar-refractivity contribution is 6.20. The molecule has 0 spiro atoms. The van der Waals surface area contributed by atoms with E-state index in [1.807, 2.05) is 0 Å². The molecule has 0 amide bonds. The summed E-state index contributed by atoms with van der Waals surface area (Å²) >= 11 is 0. The first-order valence-electron chi connectivity index (χ1n) is 19.9. The van der Waals surface area contributed by atoms with Gasteiger partial charge in [-0.25, -0.2) is 0 Å². The van der Waals surface area contributed by atoms with E-state index in [1.165, 1.54) is 98.6 Å². The summed E-state index contributed by atoms with van der Waals surface area (Å²) in [6.45, 7) is 0. The maximum Gasteiger partial charge on any atom is 0.0548 e. The first-order chi connectivity index (χ1) is 28.8. The molecule has 270 valence electrons. The van der Waals surface area contributed by atoms with E-state index in [0.29, 0.717) is 0 Å². The molecule has 0 saturated carbocycles. The summed E-state index contributed by atoms with van der Waals surface area (Å²) in [5.41, 5.74) is 14.2. The Balaban J connectivity index is 1.03. The van der Waals surface area contributed by atoms with E-state index in [1.54, 1.807) is 0 Å². The molecular formula is C54H34N4. The predicted molar refractivity (Wildman–Crippen MR) is 244 cm³/mol. The van der Waals surface area contributed by atoms with Crippen molar-refractivity contribution >= 4 is 87.2 Å². The number of fused-ring (bicyclic) bond motifs is 12. The lowest BCUT2D eigenvalue weighted by atomic mass is 10.1. The van der Waals surface area contributed by atoms with Crippen LogP contribution in [0.2, 0.25) is 0 Å². The summed E-state index contributed by atoms with van der Waals surface area (Å²) in [4.78, 5) is 0. The molecular weight excluding hydrogens is 705 g/mol. The Morgan fingerprint density at radius 1 is 0.172 bits per heavy atom. The third-order valence-electron chi connectivity index (χ3n) is 12.3. The highest BCUT2D eigenvalue weighted by atomic mass is 15.0. The van der Waals surface area contributed by atoms with Gasteiger partial charge in [-0.15, -0.1) is 0 Å². The van der Waals surface area contributed by atoms with Gasteiger partial charge in [-0.3, -0.25) is 0 Å². The maximum absolute atomic E-state index is 2.44. The lowest BCUT2D eigenvalue weighted by Crippen LogP contribution is -1.97. The van der Waals surface area contributed by atoms with Gasteiger partial charge in [-0.2, -0.15) is 0 Å². The Kier molecular flexibility index (Phi) is 6.41. The van der Waals surface area contributed by atoms with Gasteiger partial charge in [0.25, 0.3) is 0 Å². The number of benzene rings is 9. The van der Waals surface area contributed by atoms with E-state index in [4.69, 9.17) is 0 Å². The number of hydrogen-bond acceptors (Lipinski definition) is 0. The molecule has 58 heavy (non-hydrogen) atoms. The standard InChI is InChI=1S/C54H34N4/c1-3-15-35(16-4-1)55-47-23-11-7-19-39(47)43-33-53-45(31-51(43)55)41-21-9-13-25-49(41)57(53)37-27-29-38(30-28-37)58-50-26-14-10-22-42(50)46-32-52-44(34-54(46)58)40-20-8-12-24-48(40)56(52)36-17-5-2-6-18-36/h1-34H. The van der Waals surface area contributed by atoms with Crippen LogP contribution in [-0.4, -0.2) is 18.3 Å². The van der Waals surface area contributed by atoms with Crippen LogP contribution < -0.4 is 0 Å². The second kappa shape index (κ2) is 11.8. The van der Waals surface area contributed by atoms with Crippen LogP contribution in [0.1, 0.15) is 0 Å². The van der Waals surface area contributed by atoms with Crippen LogP contribution in [0.3, 0.4) is 0 Å². The normalized spacial score (nSPS) is 12.1. The predicted octanol–water partition coefficient (Wildman–Crippen LogP) is 14.1. The molecule has 9 aromatic carbocycles. The molecule has 0 aliphatic rings. The zero-order chi connectivity index (χ0) is 37.9. The van der Waals surface area contributed by atoms with E-state index in [-0.39, 0.29) is 0 Å². The van der Waals surface area contributed by atoms with Gasteiger partial charge in [0.1, 0.15) is 0 Å². The van der Waals surface area contributed by atoms with Crippen LogP contribution in [0.5, 0.6) is 0 Å². The molecule has 0 atom stereocenters. The Bertz CT molecular complexity index is 3520. The second-order valence-corrected chi connectivity index (χ2v) is 15.4. The summed E-state index contributed by atoms with van der Waals surface area (Å²) in [7, 11) is 0. The highest BCUT2D eigenvalue weighted by Gasteiger charge is 2.21. The van der Waals surface area contributed by atoms with E-state index in [9.17, 15) is 0 Å². The van der Waals surface area contributed by atoms with Crippen molar-refractivity contribution in [3.63, 3.8) is 0 Å². The van der Waals surface area contributed by atoms with E-state index in [0.717, 1.165) is 11.4 Å². The van der Waals surface area contributed by atoms with Gasteiger partial charge in [-0.1, -0.05) is 109 Å². The van der Waals surface area contributed by atoms with Crippen molar-refractivity contribution in [2.24, 2.45) is 0 Å². The fraction of sp³-hybridized carbons (Fsp3) is 0. The van der Waals surface area contributed by atoms with Crippen molar-refractivity contribution in [2.75, 3.05) is 0 Å². The van der Waals surface area contributed by atoms with Crippen molar-refractivity contribution in [1.29, 1.82) is 0 Å². The summed E-state index contributed by atoms with van der Waals surface area (Å²) in [6, 6.07) is 75.4. The molecule has 4 heterocycles. The van der Waals surface area contributed by atoms with E-state index < -0.39 is 0 Å². The average molecular weight is 739 g/mol. The monoisotopic (exact) mass is 738 g/mol. The second-order valence-electron chi connectivity index (χ2n) is 15.4. The molecule has 0 radical (unpaired) electrons. The molecule has 0 saturated heterocycles. The molecule has 4 heteroatoms. The molecule has 4 aromatic heterocycles. The largest absolute Gasteiger partial charge is 0.309 e. The van der Waals surface area contributed by atoms with Gasteiger partial charge in [0.2, 0.25) is 0 Å². The molecule has 13 rings (SSSR count). The first-order valence-corrected chi connectivity index (χ1v) is 19.9. The Morgan fingerprint density at radius 2 is 0.397 bits per heavy atom. The number of rotatable bonds is 4. The Hall–Kier alpha value is -7.82. The summed E-state index contributed by atoms with van der Waals surface area (Å²) < 4.78 is 9.70. The summed E-state index contributed by atoms with van der Waals surface area (Å²) in [5, 5.41) is 9.98. The van der Waals surface area contributed by atoms with Crippen LogP contribution >= 0.6 is 0 Å². The van der Waals surface area contributed by atoms with Gasteiger partial charge in [-0.05, 0) is 97.1 Å². The smallest absolute Gasteiger partial charge is 0.0548 e. The van der Waals surface area contributed by atoms with Crippen molar-refractivity contribution < 1.29 is 0 Å². The van der Waals surface area contributed by atoms with Crippen molar-refractivity contribution in [3.8, 4) is 22.7 Å². The summed E-state index contributed by atoms with van der Waals surface area (Å²) in [6.07, 6.45) is 0. The SMILES string of the molecule is c1ccc(-n2c3ccccc3c3cc4c(cc32)c2ccccc2n4-c2ccc(-n3c4ccccc4c4cc5c(cc43)c3ccccc3n5-c3ccccc3)cc2)cc1.